The lowest BCUT2D eigenvalue weighted by Crippen LogP contribution is -2.31. The van der Waals surface area contributed by atoms with Crippen molar-refractivity contribution in [1.29, 1.82) is 0 Å². The van der Waals surface area contributed by atoms with Crippen LogP contribution >= 0.6 is 11.8 Å². The smallest absolute Gasteiger partial charge is 0.243 e. The van der Waals surface area contributed by atoms with Crippen LogP contribution in [0, 0.1) is 0 Å². The number of thioether (sulfide) groups is 1. The van der Waals surface area contributed by atoms with Gasteiger partial charge in [-0.2, -0.15) is 0 Å². The molecule has 1 aromatic heterocycles. The first kappa shape index (κ1) is 33.3. The number of nitrogens with one attached hydrogen (secondary N) is 2. The molecule has 9 nitrogen and oxygen atoms in total. The summed E-state index contributed by atoms with van der Waals surface area (Å²) >= 11 is 1.66. The number of hydrogen-bond acceptors (Lipinski definition) is 8. The van der Waals surface area contributed by atoms with E-state index in [2.05, 4.69) is 10.3 Å². The van der Waals surface area contributed by atoms with Crippen LogP contribution in [0.5, 0.6) is 0 Å². The lowest BCUT2D eigenvalue weighted by Gasteiger charge is -2.36. The molecule has 1 aliphatic heterocycles. The molecule has 0 saturated carbocycles. The third kappa shape index (κ3) is 9.48. The number of benzene rings is 3. The van der Waals surface area contributed by atoms with Crippen LogP contribution in [0.4, 0.5) is 0 Å². The Kier molecular flexibility index (Phi) is 12.3. The van der Waals surface area contributed by atoms with Crippen molar-refractivity contribution in [3.63, 3.8) is 0 Å². The van der Waals surface area contributed by atoms with Crippen molar-refractivity contribution in [2.75, 3.05) is 5.75 Å². The third-order valence-corrected chi connectivity index (χ3v) is 8.92. The SMILES string of the molecule is O=C(CCCCC(=O)NCc1ccccc1-c1ccc(C2OC(CSc3ccccn3)CC(c3ccc(CO)cc3)O2)cc1)NO. The fraction of sp³-hybridized carbons (Fsp3) is 0.306. The fourth-order valence-corrected chi connectivity index (χ4v) is 6.20. The van der Waals surface area contributed by atoms with E-state index in [0.29, 0.717) is 32.2 Å². The highest BCUT2D eigenvalue weighted by Gasteiger charge is 2.32. The summed E-state index contributed by atoms with van der Waals surface area (Å²) in [5.41, 5.74) is 7.44. The number of pyridine rings is 1. The fourth-order valence-electron chi connectivity index (χ4n) is 5.32. The van der Waals surface area contributed by atoms with Crippen molar-refractivity contribution >= 4 is 23.6 Å². The number of carbonyl (C=O) groups is 2. The summed E-state index contributed by atoms with van der Waals surface area (Å²) in [5, 5.41) is 22.0. The third-order valence-electron chi connectivity index (χ3n) is 7.84. The summed E-state index contributed by atoms with van der Waals surface area (Å²) in [6, 6.07) is 29.9. The van der Waals surface area contributed by atoms with Crippen LogP contribution in [-0.4, -0.2) is 39.0 Å². The maximum Gasteiger partial charge on any atom is 0.243 e. The van der Waals surface area contributed by atoms with Gasteiger partial charge < -0.3 is 19.9 Å². The number of amides is 2. The molecule has 3 unspecified atom stereocenters. The Morgan fingerprint density at radius 3 is 2.28 bits per heavy atom. The van der Waals surface area contributed by atoms with E-state index >= 15 is 0 Å². The molecule has 1 saturated heterocycles. The number of aliphatic hydroxyl groups is 1. The summed E-state index contributed by atoms with van der Waals surface area (Å²) in [7, 11) is 0. The zero-order chi connectivity index (χ0) is 32.1. The van der Waals surface area contributed by atoms with Crippen LogP contribution in [0.15, 0.2) is 102 Å². The van der Waals surface area contributed by atoms with Gasteiger partial charge in [-0.15, -0.1) is 11.8 Å². The van der Waals surface area contributed by atoms with Gasteiger partial charge in [-0.1, -0.05) is 78.9 Å². The molecule has 1 aliphatic rings. The van der Waals surface area contributed by atoms with E-state index in [9.17, 15) is 14.7 Å². The average molecular weight is 642 g/mol. The second kappa shape index (κ2) is 17.0. The molecule has 4 N–H and O–H groups in total. The summed E-state index contributed by atoms with van der Waals surface area (Å²) in [5.74, 6) is 0.198. The zero-order valence-corrected chi connectivity index (χ0v) is 26.3. The summed E-state index contributed by atoms with van der Waals surface area (Å²) in [6.07, 6.45) is 3.28. The largest absolute Gasteiger partial charge is 0.392 e. The van der Waals surface area contributed by atoms with Crippen molar-refractivity contribution in [3.05, 3.63) is 119 Å². The van der Waals surface area contributed by atoms with Crippen LogP contribution in [-0.2, 0) is 32.2 Å². The minimum atomic E-state index is -0.558. The first-order valence-corrected chi connectivity index (χ1v) is 16.4. The molecule has 0 aliphatic carbocycles. The number of carbonyl (C=O) groups excluding carboxylic acids is 2. The molecule has 2 heterocycles. The van der Waals surface area contributed by atoms with E-state index in [1.54, 1.807) is 23.4 Å². The van der Waals surface area contributed by atoms with E-state index in [4.69, 9.17) is 14.7 Å². The molecule has 0 radical (unpaired) electrons. The molecular weight excluding hydrogens is 602 g/mol. The van der Waals surface area contributed by atoms with Crippen molar-refractivity contribution in [2.45, 2.75) is 68.8 Å². The van der Waals surface area contributed by atoms with Gasteiger partial charge in [-0.05, 0) is 52.8 Å². The van der Waals surface area contributed by atoms with Crippen LogP contribution in [0.3, 0.4) is 0 Å². The second-order valence-corrected chi connectivity index (χ2v) is 12.2. The molecule has 240 valence electrons. The van der Waals surface area contributed by atoms with Crippen LogP contribution < -0.4 is 10.8 Å². The van der Waals surface area contributed by atoms with E-state index < -0.39 is 12.2 Å². The normalized spacial score (nSPS) is 17.7. The van der Waals surface area contributed by atoms with Gasteiger partial charge in [0, 0.05) is 43.3 Å². The Hall–Kier alpha value is -4.06. The van der Waals surface area contributed by atoms with Gasteiger partial charge in [0.05, 0.1) is 23.8 Å². The van der Waals surface area contributed by atoms with Crippen molar-refractivity contribution < 1.29 is 29.4 Å². The monoisotopic (exact) mass is 641 g/mol. The molecule has 1 fully saturated rings. The summed E-state index contributed by atoms with van der Waals surface area (Å²) in [4.78, 5) is 28.0. The molecule has 0 bridgehead atoms. The van der Waals surface area contributed by atoms with Gasteiger partial charge in [-0.25, -0.2) is 10.5 Å². The minimum absolute atomic E-state index is 0.00385. The number of hydrogen-bond donors (Lipinski definition) is 4. The van der Waals surface area contributed by atoms with Crippen molar-refractivity contribution in [2.24, 2.45) is 0 Å². The van der Waals surface area contributed by atoms with E-state index in [-0.39, 0.29) is 31.1 Å². The number of aromatic nitrogens is 1. The van der Waals surface area contributed by atoms with Crippen LogP contribution in [0.2, 0.25) is 0 Å². The molecular formula is C36H39N3O6S. The molecule has 5 rings (SSSR count). The Bertz CT molecular complexity index is 1550. The molecule has 46 heavy (non-hydrogen) atoms. The lowest BCUT2D eigenvalue weighted by atomic mass is 9.97. The van der Waals surface area contributed by atoms with Crippen molar-refractivity contribution in [1.82, 2.24) is 15.8 Å². The number of hydroxylamine groups is 1. The lowest BCUT2D eigenvalue weighted by molar-refractivity contribution is -0.245. The molecule has 4 aromatic rings. The Morgan fingerprint density at radius 1 is 0.848 bits per heavy atom. The van der Waals surface area contributed by atoms with E-state index in [1.165, 1.54) is 0 Å². The molecule has 10 heteroatoms. The van der Waals surface area contributed by atoms with Gasteiger partial charge in [0.2, 0.25) is 11.8 Å². The van der Waals surface area contributed by atoms with Gasteiger partial charge in [0.25, 0.3) is 0 Å². The van der Waals surface area contributed by atoms with E-state index in [1.807, 2.05) is 91.0 Å². The van der Waals surface area contributed by atoms with Gasteiger partial charge in [0.15, 0.2) is 6.29 Å². The van der Waals surface area contributed by atoms with Gasteiger partial charge in [0.1, 0.15) is 0 Å². The number of ether oxygens (including phenoxy) is 2. The predicted octanol–water partition coefficient (Wildman–Crippen LogP) is 6.26. The number of rotatable bonds is 14. The molecule has 3 atom stereocenters. The van der Waals surface area contributed by atoms with Crippen LogP contribution in [0.25, 0.3) is 11.1 Å². The Morgan fingerprint density at radius 2 is 1.57 bits per heavy atom. The molecule has 2 amide bonds. The first-order valence-electron chi connectivity index (χ1n) is 15.4. The predicted molar refractivity (Wildman–Crippen MR) is 176 cm³/mol. The number of nitrogens with zero attached hydrogens (tertiary/aromatic N) is 1. The summed E-state index contributed by atoms with van der Waals surface area (Å²) < 4.78 is 13.0. The van der Waals surface area contributed by atoms with Crippen LogP contribution in [0.1, 0.15) is 66.8 Å². The second-order valence-electron chi connectivity index (χ2n) is 11.1. The molecule has 0 spiro atoms. The van der Waals surface area contributed by atoms with E-state index in [0.717, 1.165) is 44.2 Å². The Balaban J connectivity index is 1.25. The first-order chi connectivity index (χ1) is 22.5. The highest BCUT2D eigenvalue weighted by Crippen LogP contribution is 2.40. The minimum Gasteiger partial charge on any atom is -0.392 e. The highest BCUT2D eigenvalue weighted by molar-refractivity contribution is 7.99. The topological polar surface area (TPSA) is 130 Å². The van der Waals surface area contributed by atoms with Gasteiger partial charge >= 0.3 is 0 Å². The summed E-state index contributed by atoms with van der Waals surface area (Å²) in [6.45, 7) is 0.380. The number of aliphatic hydroxyl groups excluding tert-OH is 1. The average Bonchev–Trinajstić information content (AvgIpc) is 3.12. The highest BCUT2D eigenvalue weighted by atomic mass is 32.2. The zero-order valence-electron chi connectivity index (χ0n) is 25.5. The number of unbranched alkanes of at least 4 members (excludes halogenated alkanes) is 1. The quantitative estimate of drug-likeness (QED) is 0.0550. The standard InChI is InChI=1S/C36H39N3O6S/c40-23-25-12-14-27(15-13-25)32-21-30(24-46-35-11-5-6-20-37-35)44-36(45-32)28-18-16-26(17-19-28)31-8-2-1-7-29(31)22-38-33(41)9-3-4-10-34(42)39-43/h1-2,5-8,11-20,30,32,36,40,43H,3-4,9-10,21-24H2,(H,38,41)(H,39,42). The van der Waals surface area contributed by atoms with Crippen molar-refractivity contribution in [3.8, 4) is 11.1 Å². The van der Waals surface area contributed by atoms with Gasteiger partial charge in [-0.3, -0.25) is 14.8 Å². The maximum absolute atomic E-state index is 12.4. The maximum atomic E-state index is 12.4. The Labute approximate surface area is 273 Å². The molecule has 3 aromatic carbocycles.